The number of rotatable bonds is 3. The van der Waals surface area contributed by atoms with Gasteiger partial charge in [-0.3, -0.25) is 4.98 Å². The molecule has 0 radical (unpaired) electrons. The van der Waals surface area contributed by atoms with Crippen molar-refractivity contribution in [2.24, 2.45) is 5.73 Å². The van der Waals surface area contributed by atoms with Crippen molar-refractivity contribution >= 4 is 17.0 Å². The van der Waals surface area contributed by atoms with Gasteiger partial charge in [0.05, 0.1) is 0 Å². The van der Waals surface area contributed by atoms with Gasteiger partial charge >= 0.3 is 6.09 Å². The molecule has 2 aromatic rings. The van der Waals surface area contributed by atoms with Gasteiger partial charge in [-0.1, -0.05) is 18.2 Å². The molecule has 1 heterocycles. The molecule has 0 saturated carbocycles. The normalized spacial score (nSPS) is 10.3. The molecule has 2 rings (SSSR count). The minimum absolute atomic E-state index is 0.402. The van der Waals surface area contributed by atoms with Crippen LogP contribution in [0.3, 0.4) is 0 Å². The lowest BCUT2D eigenvalue weighted by molar-refractivity contribution is 0.164. The molecule has 1 aromatic heterocycles. The summed E-state index contributed by atoms with van der Waals surface area (Å²) in [5.74, 6) is 0.460. The number of nitrogens with zero attached hydrogens (tertiary/aromatic N) is 2. The van der Waals surface area contributed by atoms with Crippen LogP contribution in [0.15, 0.2) is 36.5 Å². The van der Waals surface area contributed by atoms with E-state index >= 15 is 0 Å². The first-order valence-electron chi connectivity index (χ1n) is 5.69. The number of fused-ring (bicyclic) bond motifs is 1. The largest absolute Gasteiger partial charge is 0.415 e. The highest BCUT2D eigenvalue weighted by molar-refractivity contribution is 5.86. The van der Waals surface area contributed by atoms with Crippen LogP contribution in [0.1, 0.15) is 0 Å². The van der Waals surface area contributed by atoms with E-state index in [2.05, 4.69) is 4.98 Å². The molecule has 1 amide bonds. The number of nitrogens with two attached hydrogens (primary N) is 1. The first-order chi connectivity index (χ1) is 8.72. The van der Waals surface area contributed by atoms with Crippen LogP contribution in [0.4, 0.5) is 4.79 Å². The van der Waals surface area contributed by atoms with Gasteiger partial charge in [0.25, 0.3) is 0 Å². The van der Waals surface area contributed by atoms with Gasteiger partial charge in [-0.05, 0) is 12.1 Å². The second kappa shape index (κ2) is 5.46. The third-order valence-electron chi connectivity index (χ3n) is 2.57. The summed E-state index contributed by atoms with van der Waals surface area (Å²) >= 11 is 0. The zero-order chi connectivity index (χ0) is 13.0. The predicted molar refractivity (Wildman–Crippen MR) is 69.5 cm³/mol. The standard InChI is InChI=1S/C13H15N3O2/c1-16(9-7-14)13(17)18-11-6-2-4-10-5-3-8-15-12(10)11/h2-6,8H,7,9,14H2,1H3. The lowest BCUT2D eigenvalue weighted by Gasteiger charge is -2.16. The Morgan fingerprint density at radius 1 is 1.39 bits per heavy atom. The summed E-state index contributed by atoms with van der Waals surface area (Å²) in [5.41, 5.74) is 6.06. The van der Waals surface area contributed by atoms with Crippen LogP contribution >= 0.6 is 0 Å². The molecular weight excluding hydrogens is 230 g/mol. The molecule has 5 nitrogen and oxygen atoms in total. The zero-order valence-electron chi connectivity index (χ0n) is 10.2. The first-order valence-corrected chi connectivity index (χ1v) is 5.69. The Hall–Kier alpha value is -2.14. The van der Waals surface area contributed by atoms with Crippen molar-refractivity contribution in [2.45, 2.75) is 0 Å². The number of pyridine rings is 1. The van der Waals surface area contributed by atoms with E-state index in [1.54, 1.807) is 19.3 Å². The Morgan fingerprint density at radius 2 is 2.17 bits per heavy atom. The SMILES string of the molecule is CN(CCN)C(=O)Oc1cccc2cccnc12. The molecule has 0 saturated heterocycles. The van der Waals surface area contributed by atoms with Crippen LogP contribution in [0.2, 0.25) is 0 Å². The van der Waals surface area contributed by atoms with Crippen molar-refractivity contribution in [2.75, 3.05) is 20.1 Å². The van der Waals surface area contributed by atoms with Crippen LogP contribution in [0.25, 0.3) is 10.9 Å². The van der Waals surface area contributed by atoms with E-state index in [-0.39, 0.29) is 0 Å². The number of amides is 1. The van der Waals surface area contributed by atoms with E-state index in [9.17, 15) is 4.79 Å². The van der Waals surface area contributed by atoms with Crippen molar-refractivity contribution in [3.63, 3.8) is 0 Å². The fourth-order valence-corrected chi connectivity index (χ4v) is 1.62. The van der Waals surface area contributed by atoms with Gasteiger partial charge in [0.1, 0.15) is 5.52 Å². The van der Waals surface area contributed by atoms with E-state index in [4.69, 9.17) is 10.5 Å². The van der Waals surface area contributed by atoms with Crippen LogP contribution in [0, 0.1) is 0 Å². The Balaban J connectivity index is 2.24. The molecule has 0 fully saturated rings. The molecule has 0 spiro atoms. The van der Waals surface area contributed by atoms with Gasteiger partial charge in [0, 0.05) is 31.7 Å². The summed E-state index contributed by atoms with van der Waals surface area (Å²) < 4.78 is 5.31. The maximum Gasteiger partial charge on any atom is 0.415 e. The number of hydrogen-bond donors (Lipinski definition) is 1. The van der Waals surface area contributed by atoms with Crippen molar-refractivity contribution in [3.05, 3.63) is 36.5 Å². The highest BCUT2D eigenvalue weighted by atomic mass is 16.6. The molecule has 5 heteroatoms. The number of carbonyl (C=O) groups excluding carboxylic acids is 1. The van der Waals surface area contributed by atoms with Gasteiger partial charge in [-0.25, -0.2) is 4.79 Å². The Morgan fingerprint density at radius 3 is 2.94 bits per heavy atom. The van der Waals surface area contributed by atoms with Crippen LogP contribution in [0.5, 0.6) is 5.75 Å². The molecule has 0 aliphatic carbocycles. The molecule has 0 aliphatic heterocycles. The molecule has 18 heavy (non-hydrogen) atoms. The lowest BCUT2D eigenvalue weighted by Crippen LogP contribution is -2.33. The van der Waals surface area contributed by atoms with Gasteiger partial charge in [0.15, 0.2) is 5.75 Å². The molecule has 2 N–H and O–H groups in total. The number of benzene rings is 1. The second-order valence-corrected chi connectivity index (χ2v) is 3.91. The predicted octanol–water partition coefficient (Wildman–Crippen LogP) is 1.62. The fraction of sp³-hybridized carbons (Fsp3) is 0.231. The number of likely N-dealkylation sites (N-methyl/N-ethyl adjacent to an activating group) is 1. The molecule has 94 valence electrons. The Labute approximate surface area is 105 Å². The molecule has 0 bridgehead atoms. The van der Waals surface area contributed by atoms with Crippen molar-refractivity contribution < 1.29 is 9.53 Å². The van der Waals surface area contributed by atoms with Crippen molar-refractivity contribution in [1.82, 2.24) is 9.88 Å². The third-order valence-corrected chi connectivity index (χ3v) is 2.57. The molecule has 0 atom stereocenters. The summed E-state index contributed by atoms with van der Waals surface area (Å²) in [4.78, 5) is 17.4. The first kappa shape index (κ1) is 12.3. The van der Waals surface area contributed by atoms with Crippen LogP contribution in [-0.2, 0) is 0 Å². The van der Waals surface area contributed by atoms with Gasteiger partial charge in [-0.2, -0.15) is 0 Å². The van der Waals surface area contributed by atoms with Crippen molar-refractivity contribution in [3.8, 4) is 5.75 Å². The zero-order valence-corrected chi connectivity index (χ0v) is 10.2. The number of ether oxygens (including phenoxy) is 1. The van der Waals surface area contributed by atoms with E-state index in [1.807, 2.05) is 24.3 Å². The summed E-state index contributed by atoms with van der Waals surface area (Å²) in [6.07, 6.45) is 1.24. The van der Waals surface area contributed by atoms with Gasteiger partial charge in [-0.15, -0.1) is 0 Å². The topological polar surface area (TPSA) is 68.5 Å². The van der Waals surface area contributed by atoms with Gasteiger partial charge < -0.3 is 15.4 Å². The monoisotopic (exact) mass is 245 g/mol. The van der Waals surface area contributed by atoms with Gasteiger partial charge in [0.2, 0.25) is 0 Å². The smallest absolute Gasteiger partial charge is 0.408 e. The minimum atomic E-state index is -0.432. The van der Waals surface area contributed by atoms with Crippen LogP contribution < -0.4 is 10.5 Å². The third kappa shape index (κ3) is 2.57. The minimum Gasteiger partial charge on any atom is -0.408 e. The highest BCUT2D eigenvalue weighted by Gasteiger charge is 2.12. The number of para-hydroxylation sites is 1. The van der Waals surface area contributed by atoms with E-state index < -0.39 is 6.09 Å². The average molecular weight is 245 g/mol. The fourth-order valence-electron chi connectivity index (χ4n) is 1.62. The average Bonchev–Trinajstić information content (AvgIpc) is 2.39. The molecule has 1 aromatic carbocycles. The van der Waals surface area contributed by atoms with E-state index in [0.29, 0.717) is 24.4 Å². The maximum atomic E-state index is 11.8. The number of aromatic nitrogens is 1. The Bertz CT molecular complexity index is 551. The summed E-state index contributed by atoms with van der Waals surface area (Å²) in [6, 6.07) is 9.24. The number of hydrogen-bond acceptors (Lipinski definition) is 4. The lowest BCUT2D eigenvalue weighted by atomic mass is 10.2. The van der Waals surface area contributed by atoms with Crippen molar-refractivity contribution in [1.29, 1.82) is 0 Å². The van der Waals surface area contributed by atoms with E-state index in [0.717, 1.165) is 5.39 Å². The van der Waals surface area contributed by atoms with Crippen LogP contribution in [-0.4, -0.2) is 36.1 Å². The molecule has 0 unspecified atom stereocenters. The highest BCUT2D eigenvalue weighted by Crippen LogP contribution is 2.23. The summed E-state index contributed by atoms with van der Waals surface area (Å²) in [7, 11) is 1.65. The summed E-state index contributed by atoms with van der Waals surface area (Å²) in [5, 5.41) is 0.935. The molecule has 0 aliphatic rings. The second-order valence-electron chi connectivity index (χ2n) is 3.91. The maximum absolute atomic E-state index is 11.8. The molecular formula is C13H15N3O2. The summed E-state index contributed by atoms with van der Waals surface area (Å²) in [6.45, 7) is 0.858. The quantitative estimate of drug-likeness (QED) is 0.892. The van der Waals surface area contributed by atoms with E-state index in [1.165, 1.54) is 4.90 Å². The number of carbonyl (C=O) groups is 1. The Kier molecular flexibility index (Phi) is 3.74.